The first-order valence-electron chi connectivity index (χ1n) is 4.70. The first kappa shape index (κ1) is 12.8. The number of hydrogen-bond donors (Lipinski definition) is 1. The second kappa shape index (κ2) is 5.55. The fourth-order valence-electron chi connectivity index (χ4n) is 0.827. The molecule has 0 saturated carbocycles. The molecule has 0 radical (unpaired) electrons. The zero-order chi connectivity index (χ0) is 10.5. The van der Waals surface area contributed by atoms with Crippen LogP contribution in [0.25, 0.3) is 0 Å². The van der Waals surface area contributed by atoms with Crippen molar-refractivity contribution in [2.45, 2.75) is 51.3 Å². The van der Waals surface area contributed by atoms with Gasteiger partial charge in [0.05, 0.1) is 15.7 Å². The van der Waals surface area contributed by atoms with Gasteiger partial charge in [-0.15, -0.1) is 6.58 Å². The molecule has 0 rings (SSSR count). The van der Waals surface area contributed by atoms with Crippen LogP contribution in [0, 0.1) is 0 Å². The maximum absolute atomic E-state index is 11.7. The summed E-state index contributed by atoms with van der Waals surface area (Å²) >= 11 is 0. The highest BCUT2D eigenvalue weighted by molar-refractivity contribution is 7.84. The highest BCUT2D eigenvalue weighted by atomic mass is 32.2. The molecule has 13 heavy (non-hydrogen) atoms. The second-order valence-corrected chi connectivity index (χ2v) is 6.13. The van der Waals surface area contributed by atoms with E-state index in [1.807, 2.05) is 26.8 Å². The Morgan fingerprint density at radius 1 is 1.54 bits per heavy atom. The molecule has 0 saturated heterocycles. The average Bonchev–Trinajstić information content (AvgIpc) is 2.01. The largest absolute Gasteiger partial charge is 0.242 e. The zero-order valence-electron chi connectivity index (χ0n) is 9.09. The Hall–Kier alpha value is -0.150. The lowest BCUT2D eigenvalue weighted by Gasteiger charge is -2.22. The molecule has 0 fully saturated rings. The van der Waals surface area contributed by atoms with Gasteiger partial charge in [-0.05, 0) is 33.6 Å². The Morgan fingerprint density at radius 3 is 2.38 bits per heavy atom. The van der Waals surface area contributed by atoms with Crippen molar-refractivity contribution in [2.24, 2.45) is 0 Å². The standard InChI is InChI=1S/C10H21NOS/c1-6-8-9(7-2)11-13(12)10(3,4)5/h6,9,11H,1,7-8H2,2-5H3/t9-,13-/m1/s1. The molecule has 0 amide bonds. The molecule has 2 nitrogen and oxygen atoms in total. The van der Waals surface area contributed by atoms with Crippen molar-refractivity contribution >= 4 is 11.0 Å². The molecule has 0 heterocycles. The molecular formula is C10H21NOS. The quantitative estimate of drug-likeness (QED) is 0.683. The minimum Gasteiger partial charge on any atom is -0.242 e. The van der Waals surface area contributed by atoms with Crippen molar-refractivity contribution in [1.29, 1.82) is 0 Å². The predicted molar refractivity (Wildman–Crippen MR) is 59.9 cm³/mol. The monoisotopic (exact) mass is 203 g/mol. The molecule has 0 aliphatic carbocycles. The van der Waals surface area contributed by atoms with Crippen molar-refractivity contribution < 1.29 is 4.21 Å². The van der Waals surface area contributed by atoms with Gasteiger partial charge in [-0.3, -0.25) is 0 Å². The summed E-state index contributed by atoms with van der Waals surface area (Å²) in [6.07, 6.45) is 3.72. The molecule has 0 aromatic heterocycles. The van der Waals surface area contributed by atoms with E-state index < -0.39 is 11.0 Å². The summed E-state index contributed by atoms with van der Waals surface area (Å²) in [4.78, 5) is 0. The van der Waals surface area contributed by atoms with Crippen LogP contribution < -0.4 is 4.72 Å². The highest BCUT2D eigenvalue weighted by Crippen LogP contribution is 2.11. The molecule has 2 atom stereocenters. The summed E-state index contributed by atoms with van der Waals surface area (Å²) in [5.41, 5.74) is 0. The lowest BCUT2D eigenvalue weighted by atomic mass is 10.2. The summed E-state index contributed by atoms with van der Waals surface area (Å²) in [5, 5.41) is 0. The van der Waals surface area contributed by atoms with Gasteiger partial charge in [-0.1, -0.05) is 13.0 Å². The molecule has 0 bridgehead atoms. The van der Waals surface area contributed by atoms with Gasteiger partial charge in [0.15, 0.2) is 0 Å². The van der Waals surface area contributed by atoms with E-state index in [1.165, 1.54) is 0 Å². The van der Waals surface area contributed by atoms with Crippen LogP contribution in [0.4, 0.5) is 0 Å². The van der Waals surface area contributed by atoms with Crippen LogP contribution in [0.5, 0.6) is 0 Å². The highest BCUT2D eigenvalue weighted by Gasteiger charge is 2.21. The Kier molecular flexibility index (Phi) is 5.49. The van der Waals surface area contributed by atoms with Gasteiger partial charge in [-0.25, -0.2) is 8.93 Å². The van der Waals surface area contributed by atoms with Crippen molar-refractivity contribution in [3.8, 4) is 0 Å². The maximum Gasteiger partial charge on any atom is 0.0972 e. The lowest BCUT2D eigenvalue weighted by molar-refractivity contribution is 0.574. The molecule has 0 aromatic carbocycles. The third-order valence-corrected chi connectivity index (χ3v) is 3.43. The fourth-order valence-corrected chi connectivity index (χ4v) is 1.75. The smallest absolute Gasteiger partial charge is 0.0972 e. The Bertz CT molecular complexity index is 184. The van der Waals surface area contributed by atoms with Gasteiger partial charge in [0.1, 0.15) is 0 Å². The third kappa shape index (κ3) is 5.21. The summed E-state index contributed by atoms with van der Waals surface area (Å²) in [5.74, 6) is 0. The number of rotatable bonds is 5. The molecule has 0 aromatic rings. The van der Waals surface area contributed by atoms with Crippen molar-refractivity contribution in [3.05, 3.63) is 12.7 Å². The van der Waals surface area contributed by atoms with Crippen molar-refractivity contribution in [2.75, 3.05) is 0 Å². The van der Waals surface area contributed by atoms with Gasteiger partial charge in [0, 0.05) is 6.04 Å². The molecule has 0 unspecified atom stereocenters. The topological polar surface area (TPSA) is 29.1 Å². The lowest BCUT2D eigenvalue weighted by Crippen LogP contribution is -2.39. The minimum absolute atomic E-state index is 0.186. The van der Waals surface area contributed by atoms with E-state index in [0.29, 0.717) is 0 Å². The van der Waals surface area contributed by atoms with Crippen molar-refractivity contribution in [3.63, 3.8) is 0 Å². The van der Waals surface area contributed by atoms with Gasteiger partial charge >= 0.3 is 0 Å². The normalized spacial score (nSPS) is 16.6. The van der Waals surface area contributed by atoms with Crippen LogP contribution in [-0.4, -0.2) is 15.0 Å². The van der Waals surface area contributed by atoms with Crippen LogP contribution in [0.15, 0.2) is 12.7 Å². The van der Waals surface area contributed by atoms with Crippen LogP contribution in [0.2, 0.25) is 0 Å². The van der Waals surface area contributed by atoms with E-state index in [9.17, 15) is 4.21 Å². The van der Waals surface area contributed by atoms with E-state index in [4.69, 9.17) is 0 Å². The van der Waals surface area contributed by atoms with Gasteiger partial charge in [0.25, 0.3) is 0 Å². The van der Waals surface area contributed by atoms with E-state index in [2.05, 4.69) is 18.2 Å². The SMILES string of the molecule is C=CC[C@@H](CC)N[S@](=O)C(C)(C)C. The Labute approximate surface area is 84.4 Å². The molecule has 0 aliphatic rings. The van der Waals surface area contributed by atoms with Crippen LogP contribution >= 0.6 is 0 Å². The Morgan fingerprint density at radius 2 is 2.08 bits per heavy atom. The second-order valence-electron chi connectivity index (χ2n) is 4.13. The minimum atomic E-state index is -0.967. The van der Waals surface area contributed by atoms with Crippen LogP contribution in [-0.2, 0) is 11.0 Å². The molecule has 3 heteroatoms. The summed E-state index contributed by atoms with van der Waals surface area (Å²) in [7, 11) is -0.967. The maximum atomic E-state index is 11.7. The fraction of sp³-hybridized carbons (Fsp3) is 0.800. The number of hydrogen-bond acceptors (Lipinski definition) is 1. The van der Waals surface area contributed by atoms with Crippen molar-refractivity contribution in [1.82, 2.24) is 4.72 Å². The van der Waals surface area contributed by atoms with Gasteiger partial charge in [0.2, 0.25) is 0 Å². The number of nitrogens with one attached hydrogen (secondary N) is 1. The van der Waals surface area contributed by atoms with E-state index in [1.54, 1.807) is 0 Å². The summed E-state index contributed by atoms with van der Waals surface area (Å²) in [6.45, 7) is 11.7. The van der Waals surface area contributed by atoms with E-state index in [-0.39, 0.29) is 10.8 Å². The van der Waals surface area contributed by atoms with Crippen LogP contribution in [0.1, 0.15) is 40.5 Å². The van der Waals surface area contributed by atoms with Gasteiger partial charge in [-0.2, -0.15) is 0 Å². The first-order valence-corrected chi connectivity index (χ1v) is 5.85. The zero-order valence-corrected chi connectivity index (χ0v) is 9.91. The first-order chi connectivity index (χ1) is 5.91. The third-order valence-electron chi connectivity index (χ3n) is 1.77. The predicted octanol–water partition coefficient (Wildman–Crippen LogP) is 2.39. The van der Waals surface area contributed by atoms with E-state index >= 15 is 0 Å². The van der Waals surface area contributed by atoms with Crippen LogP contribution in [0.3, 0.4) is 0 Å². The summed E-state index contributed by atoms with van der Waals surface area (Å²) < 4.78 is 14.6. The average molecular weight is 203 g/mol. The Balaban J connectivity index is 4.08. The summed E-state index contributed by atoms with van der Waals surface area (Å²) in [6, 6.07) is 0.289. The molecular weight excluding hydrogens is 182 g/mol. The molecule has 1 N–H and O–H groups in total. The van der Waals surface area contributed by atoms with Gasteiger partial charge < -0.3 is 0 Å². The van der Waals surface area contributed by atoms with E-state index in [0.717, 1.165) is 12.8 Å². The molecule has 0 spiro atoms. The molecule has 0 aliphatic heterocycles. The molecule has 78 valence electrons.